The number of aliphatic hydroxyl groups is 1. The molecule has 0 rings (SSSR count). The van der Waals surface area contributed by atoms with Gasteiger partial charge in [-0.2, -0.15) is 0 Å². The highest BCUT2D eigenvalue weighted by Gasteiger charge is 1.92. The van der Waals surface area contributed by atoms with E-state index in [1.165, 1.54) is 12.8 Å². The molecule has 0 fully saturated rings. The first kappa shape index (κ1) is 13.9. The number of ether oxygens (including phenoxy) is 1. The summed E-state index contributed by atoms with van der Waals surface area (Å²) in [6.45, 7) is 7.23. The summed E-state index contributed by atoms with van der Waals surface area (Å²) in [6.07, 6.45) is 4.82. The van der Waals surface area contributed by atoms with Crippen LogP contribution in [0.3, 0.4) is 0 Å². The first-order valence-electron chi connectivity index (χ1n) is 5.70. The van der Waals surface area contributed by atoms with E-state index in [1.807, 2.05) is 0 Å². The zero-order valence-electron chi connectivity index (χ0n) is 9.59. The van der Waals surface area contributed by atoms with Crippen molar-refractivity contribution in [3.63, 3.8) is 0 Å². The molecule has 0 spiro atoms. The van der Waals surface area contributed by atoms with Gasteiger partial charge < -0.3 is 15.2 Å². The fourth-order valence-electron chi connectivity index (χ4n) is 1.21. The maximum Gasteiger partial charge on any atom is 0.0594 e. The van der Waals surface area contributed by atoms with E-state index in [0.29, 0.717) is 12.7 Å². The molecule has 0 saturated heterocycles. The highest BCUT2D eigenvalue weighted by molar-refractivity contribution is 4.49. The Morgan fingerprint density at radius 2 is 1.79 bits per heavy atom. The number of nitrogens with one attached hydrogen (secondary N) is 1. The van der Waals surface area contributed by atoms with Crippen molar-refractivity contribution in [2.75, 3.05) is 26.3 Å². The molecule has 0 heterocycles. The topological polar surface area (TPSA) is 41.5 Å². The maximum absolute atomic E-state index is 8.56. The number of unbranched alkanes of at least 4 members (excludes halogenated alkanes) is 3. The van der Waals surface area contributed by atoms with Gasteiger partial charge in [-0.1, -0.05) is 12.8 Å². The quantitative estimate of drug-likeness (QED) is 0.529. The van der Waals surface area contributed by atoms with Crippen molar-refractivity contribution in [1.82, 2.24) is 5.32 Å². The van der Waals surface area contributed by atoms with E-state index in [9.17, 15) is 0 Å². The molecule has 0 aromatic rings. The van der Waals surface area contributed by atoms with Crippen LogP contribution in [0.2, 0.25) is 0 Å². The second-order valence-electron chi connectivity index (χ2n) is 3.81. The molecular weight excluding hydrogens is 178 g/mol. The van der Waals surface area contributed by atoms with Gasteiger partial charge in [0.2, 0.25) is 0 Å². The molecule has 0 saturated carbocycles. The molecule has 86 valence electrons. The van der Waals surface area contributed by atoms with Crippen LogP contribution < -0.4 is 5.32 Å². The predicted molar refractivity (Wildman–Crippen MR) is 59.5 cm³/mol. The molecule has 3 nitrogen and oxygen atoms in total. The smallest absolute Gasteiger partial charge is 0.0594 e. The average Bonchev–Trinajstić information content (AvgIpc) is 2.15. The lowest BCUT2D eigenvalue weighted by molar-refractivity contribution is 0.0809. The van der Waals surface area contributed by atoms with Crippen molar-refractivity contribution < 1.29 is 9.84 Å². The van der Waals surface area contributed by atoms with Crippen LogP contribution in [-0.4, -0.2) is 37.5 Å². The Kier molecular flexibility index (Phi) is 10.9. The van der Waals surface area contributed by atoms with Gasteiger partial charge in [-0.15, -0.1) is 0 Å². The summed E-state index contributed by atoms with van der Waals surface area (Å²) in [5.41, 5.74) is 0. The SMILES string of the molecule is CC(C)OCCNCCCCCCO. The molecule has 0 atom stereocenters. The van der Waals surface area contributed by atoms with Crippen LogP contribution in [0.25, 0.3) is 0 Å². The van der Waals surface area contributed by atoms with Gasteiger partial charge in [0.25, 0.3) is 0 Å². The van der Waals surface area contributed by atoms with Gasteiger partial charge in [0.1, 0.15) is 0 Å². The zero-order chi connectivity index (χ0) is 10.6. The third kappa shape index (κ3) is 11.9. The number of aliphatic hydroxyl groups excluding tert-OH is 1. The largest absolute Gasteiger partial charge is 0.396 e. The van der Waals surface area contributed by atoms with E-state index in [0.717, 1.165) is 32.5 Å². The molecule has 14 heavy (non-hydrogen) atoms. The Hall–Kier alpha value is -0.120. The summed E-state index contributed by atoms with van der Waals surface area (Å²) in [6, 6.07) is 0. The summed E-state index contributed by atoms with van der Waals surface area (Å²) in [7, 11) is 0. The normalized spacial score (nSPS) is 11.1. The Morgan fingerprint density at radius 1 is 1.07 bits per heavy atom. The van der Waals surface area contributed by atoms with Crippen molar-refractivity contribution in [3.8, 4) is 0 Å². The molecular formula is C11H25NO2. The molecule has 0 aromatic heterocycles. The zero-order valence-corrected chi connectivity index (χ0v) is 9.59. The lowest BCUT2D eigenvalue weighted by atomic mass is 10.2. The molecule has 0 aromatic carbocycles. The fraction of sp³-hybridized carbons (Fsp3) is 1.00. The maximum atomic E-state index is 8.56. The standard InChI is InChI=1S/C11H25NO2/c1-11(2)14-10-8-12-7-5-3-4-6-9-13/h11-13H,3-10H2,1-2H3. The summed E-state index contributed by atoms with van der Waals surface area (Å²) in [4.78, 5) is 0. The first-order chi connectivity index (χ1) is 6.77. The van der Waals surface area contributed by atoms with Crippen LogP contribution in [0.4, 0.5) is 0 Å². The molecule has 0 aliphatic heterocycles. The van der Waals surface area contributed by atoms with Gasteiger partial charge in [0.15, 0.2) is 0 Å². The monoisotopic (exact) mass is 203 g/mol. The Balaban J connectivity index is 2.85. The van der Waals surface area contributed by atoms with Gasteiger partial charge >= 0.3 is 0 Å². The molecule has 0 amide bonds. The Labute approximate surface area is 87.8 Å². The number of hydrogen-bond acceptors (Lipinski definition) is 3. The molecule has 0 aliphatic rings. The molecule has 0 aliphatic carbocycles. The minimum atomic E-state index is 0.329. The van der Waals surface area contributed by atoms with Crippen LogP contribution in [0.1, 0.15) is 39.5 Å². The van der Waals surface area contributed by atoms with E-state index >= 15 is 0 Å². The van der Waals surface area contributed by atoms with Gasteiger partial charge in [-0.05, 0) is 33.2 Å². The predicted octanol–water partition coefficient (Wildman–Crippen LogP) is 1.55. The van der Waals surface area contributed by atoms with Crippen molar-refractivity contribution in [1.29, 1.82) is 0 Å². The van der Waals surface area contributed by atoms with E-state index in [1.54, 1.807) is 0 Å². The third-order valence-corrected chi connectivity index (χ3v) is 1.99. The van der Waals surface area contributed by atoms with Crippen LogP contribution >= 0.6 is 0 Å². The van der Waals surface area contributed by atoms with Crippen molar-refractivity contribution in [2.24, 2.45) is 0 Å². The lowest BCUT2D eigenvalue weighted by Gasteiger charge is -2.08. The summed E-state index contributed by atoms with van der Waals surface area (Å²) in [5, 5.41) is 11.9. The van der Waals surface area contributed by atoms with Crippen molar-refractivity contribution in [2.45, 2.75) is 45.6 Å². The van der Waals surface area contributed by atoms with Crippen LogP contribution in [0.15, 0.2) is 0 Å². The number of hydrogen-bond donors (Lipinski definition) is 2. The van der Waals surface area contributed by atoms with Gasteiger partial charge in [-0.25, -0.2) is 0 Å². The molecule has 0 radical (unpaired) electrons. The molecule has 3 heteroatoms. The van der Waals surface area contributed by atoms with E-state index in [-0.39, 0.29) is 0 Å². The van der Waals surface area contributed by atoms with Gasteiger partial charge in [0, 0.05) is 13.2 Å². The fourth-order valence-corrected chi connectivity index (χ4v) is 1.21. The highest BCUT2D eigenvalue weighted by Crippen LogP contribution is 1.97. The molecule has 0 bridgehead atoms. The third-order valence-electron chi connectivity index (χ3n) is 1.99. The number of rotatable bonds is 10. The highest BCUT2D eigenvalue weighted by atomic mass is 16.5. The van der Waals surface area contributed by atoms with Crippen molar-refractivity contribution in [3.05, 3.63) is 0 Å². The van der Waals surface area contributed by atoms with Crippen LogP contribution in [-0.2, 0) is 4.74 Å². The minimum absolute atomic E-state index is 0.329. The first-order valence-corrected chi connectivity index (χ1v) is 5.70. The molecule has 0 unspecified atom stereocenters. The second-order valence-corrected chi connectivity index (χ2v) is 3.81. The molecule has 2 N–H and O–H groups in total. The van der Waals surface area contributed by atoms with Gasteiger partial charge in [0.05, 0.1) is 12.7 Å². The van der Waals surface area contributed by atoms with E-state index in [2.05, 4.69) is 19.2 Å². The Morgan fingerprint density at radius 3 is 2.43 bits per heavy atom. The summed E-state index contributed by atoms with van der Waals surface area (Å²) in [5.74, 6) is 0. The average molecular weight is 203 g/mol. The van der Waals surface area contributed by atoms with E-state index < -0.39 is 0 Å². The Bertz CT molecular complexity index is 107. The lowest BCUT2D eigenvalue weighted by Crippen LogP contribution is -2.22. The second kappa shape index (κ2) is 11.0. The van der Waals surface area contributed by atoms with Crippen LogP contribution in [0, 0.1) is 0 Å². The van der Waals surface area contributed by atoms with E-state index in [4.69, 9.17) is 9.84 Å². The summed E-state index contributed by atoms with van der Waals surface area (Å²) >= 11 is 0. The van der Waals surface area contributed by atoms with Gasteiger partial charge in [-0.3, -0.25) is 0 Å². The minimum Gasteiger partial charge on any atom is -0.396 e. The van der Waals surface area contributed by atoms with Crippen molar-refractivity contribution >= 4 is 0 Å². The van der Waals surface area contributed by atoms with Crippen LogP contribution in [0.5, 0.6) is 0 Å². The summed E-state index contributed by atoms with van der Waals surface area (Å²) < 4.78 is 5.39.